The second-order valence-electron chi connectivity index (χ2n) is 3.75. The summed E-state index contributed by atoms with van der Waals surface area (Å²) >= 11 is 0. The summed E-state index contributed by atoms with van der Waals surface area (Å²) in [4.78, 5) is 27.3. The molecule has 2 aromatic rings. The highest BCUT2D eigenvalue weighted by atomic mass is 16.6. The zero-order valence-corrected chi connectivity index (χ0v) is 10.5. The predicted molar refractivity (Wildman–Crippen MR) is 65.7 cm³/mol. The summed E-state index contributed by atoms with van der Waals surface area (Å²) in [6.45, 7) is 3.21. The molecule has 98 valence electrons. The Labute approximate surface area is 109 Å². The highest BCUT2D eigenvalue weighted by molar-refractivity contribution is 6.07. The van der Waals surface area contributed by atoms with E-state index in [1.807, 2.05) is 0 Å². The van der Waals surface area contributed by atoms with E-state index in [4.69, 9.17) is 9.26 Å². The van der Waals surface area contributed by atoms with Crippen molar-refractivity contribution in [1.82, 2.24) is 10.1 Å². The Kier molecular flexibility index (Phi) is 3.70. The monoisotopic (exact) mass is 260 g/mol. The number of hydrogen-bond acceptors (Lipinski definition) is 6. The van der Waals surface area contributed by atoms with Crippen molar-refractivity contribution < 1.29 is 18.8 Å². The van der Waals surface area contributed by atoms with Crippen LogP contribution in [0.25, 0.3) is 11.3 Å². The molecule has 0 N–H and O–H groups in total. The number of Topliss-reactive ketones (excluding diaryl/α,β-unsaturated/α-hetero) is 1. The number of ether oxygens (including phenoxy) is 1. The third-order valence-corrected chi connectivity index (χ3v) is 2.44. The van der Waals surface area contributed by atoms with Gasteiger partial charge in [0.25, 0.3) is 5.76 Å². The van der Waals surface area contributed by atoms with E-state index >= 15 is 0 Å². The number of esters is 1. The average Bonchev–Trinajstić information content (AvgIpc) is 2.85. The second kappa shape index (κ2) is 5.43. The zero-order chi connectivity index (χ0) is 13.8. The molecule has 0 saturated heterocycles. The van der Waals surface area contributed by atoms with E-state index in [0.717, 1.165) is 0 Å². The van der Waals surface area contributed by atoms with E-state index in [1.54, 1.807) is 31.5 Å². The highest BCUT2D eigenvalue weighted by Crippen LogP contribution is 2.25. The Morgan fingerprint density at radius 1 is 1.42 bits per heavy atom. The van der Waals surface area contributed by atoms with Crippen molar-refractivity contribution in [3.63, 3.8) is 0 Å². The Hall–Kier alpha value is -2.50. The lowest BCUT2D eigenvalue weighted by atomic mass is 10.0. The summed E-state index contributed by atoms with van der Waals surface area (Å²) in [5, 5.41) is 3.77. The molecule has 0 amide bonds. The van der Waals surface area contributed by atoms with Gasteiger partial charge in [0.1, 0.15) is 11.3 Å². The van der Waals surface area contributed by atoms with Gasteiger partial charge in [0.2, 0.25) is 0 Å². The van der Waals surface area contributed by atoms with Crippen LogP contribution in [0, 0.1) is 0 Å². The standard InChI is InChI=1S/C13H12N2O4/c1-3-18-13(17)12-10(8(2)16)11(15-19-12)9-5-4-6-14-7-9/h4-7H,3H2,1-2H3. The first-order valence-electron chi connectivity index (χ1n) is 5.73. The maximum atomic E-state index is 11.7. The number of pyridine rings is 1. The van der Waals surface area contributed by atoms with Crippen LogP contribution in [0.4, 0.5) is 0 Å². The minimum absolute atomic E-state index is 0.117. The Balaban J connectivity index is 2.52. The van der Waals surface area contributed by atoms with E-state index < -0.39 is 5.97 Å². The molecule has 0 bridgehead atoms. The van der Waals surface area contributed by atoms with Crippen LogP contribution < -0.4 is 0 Å². The van der Waals surface area contributed by atoms with Gasteiger partial charge in [0.05, 0.1) is 6.61 Å². The normalized spacial score (nSPS) is 10.2. The largest absolute Gasteiger partial charge is 0.460 e. The molecule has 0 fully saturated rings. The number of carbonyl (C=O) groups excluding carboxylic acids is 2. The SMILES string of the molecule is CCOC(=O)c1onc(-c2cccnc2)c1C(C)=O. The lowest BCUT2D eigenvalue weighted by Gasteiger charge is -2.00. The van der Waals surface area contributed by atoms with Gasteiger partial charge in [0.15, 0.2) is 5.78 Å². The average molecular weight is 260 g/mol. The minimum Gasteiger partial charge on any atom is -0.460 e. The molecule has 2 heterocycles. The number of hydrogen-bond donors (Lipinski definition) is 0. The summed E-state index contributed by atoms with van der Waals surface area (Å²) in [6.07, 6.45) is 3.14. The van der Waals surface area contributed by atoms with Crippen LogP contribution in [-0.4, -0.2) is 28.5 Å². The van der Waals surface area contributed by atoms with Crippen LogP contribution in [0.3, 0.4) is 0 Å². The lowest BCUT2D eigenvalue weighted by molar-refractivity contribution is 0.0476. The minimum atomic E-state index is -0.699. The van der Waals surface area contributed by atoms with Gasteiger partial charge in [-0.05, 0) is 26.0 Å². The Morgan fingerprint density at radius 2 is 2.21 bits per heavy atom. The fourth-order valence-electron chi connectivity index (χ4n) is 1.65. The molecule has 19 heavy (non-hydrogen) atoms. The summed E-state index contributed by atoms with van der Waals surface area (Å²) in [5.41, 5.74) is 1.02. The van der Waals surface area contributed by atoms with Gasteiger partial charge < -0.3 is 9.26 Å². The molecule has 0 saturated carbocycles. The molecular weight excluding hydrogens is 248 g/mol. The number of carbonyl (C=O) groups is 2. The molecule has 0 aliphatic heterocycles. The van der Waals surface area contributed by atoms with Crippen LogP contribution in [0.2, 0.25) is 0 Å². The van der Waals surface area contributed by atoms with E-state index in [-0.39, 0.29) is 23.7 Å². The van der Waals surface area contributed by atoms with Crippen molar-refractivity contribution in [2.75, 3.05) is 6.61 Å². The lowest BCUT2D eigenvalue weighted by Crippen LogP contribution is -2.08. The van der Waals surface area contributed by atoms with Gasteiger partial charge in [-0.1, -0.05) is 5.16 Å². The third kappa shape index (κ3) is 2.52. The molecule has 0 aliphatic carbocycles. The highest BCUT2D eigenvalue weighted by Gasteiger charge is 2.27. The number of rotatable bonds is 4. The maximum Gasteiger partial charge on any atom is 0.377 e. The van der Waals surface area contributed by atoms with Gasteiger partial charge in [-0.2, -0.15) is 0 Å². The van der Waals surface area contributed by atoms with E-state index in [1.165, 1.54) is 6.92 Å². The van der Waals surface area contributed by atoms with Crippen molar-refractivity contribution in [2.45, 2.75) is 13.8 Å². The molecular formula is C13H12N2O4. The molecule has 6 nitrogen and oxygen atoms in total. The van der Waals surface area contributed by atoms with Crippen LogP contribution >= 0.6 is 0 Å². The molecule has 0 aromatic carbocycles. The third-order valence-electron chi connectivity index (χ3n) is 2.44. The van der Waals surface area contributed by atoms with Crippen molar-refractivity contribution >= 4 is 11.8 Å². The van der Waals surface area contributed by atoms with Gasteiger partial charge >= 0.3 is 5.97 Å². The zero-order valence-electron chi connectivity index (χ0n) is 10.5. The molecule has 6 heteroatoms. The molecule has 2 aromatic heterocycles. The van der Waals surface area contributed by atoms with Crippen LogP contribution in [-0.2, 0) is 4.74 Å². The van der Waals surface area contributed by atoms with E-state index in [2.05, 4.69) is 10.1 Å². The Morgan fingerprint density at radius 3 is 2.79 bits per heavy atom. The Bertz CT molecular complexity index is 604. The summed E-state index contributed by atoms with van der Waals surface area (Å²) < 4.78 is 9.78. The van der Waals surface area contributed by atoms with Crippen LogP contribution in [0.15, 0.2) is 29.0 Å². The molecule has 0 aliphatic rings. The van der Waals surface area contributed by atoms with E-state index in [0.29, 0.717) is 11.3 Å². The topological polar surface area (TPSA) is 82.3 Å². The van der Waals surface area contributed by atoms with Gasteiger partial charge in [0, 0.05) is 18.0 Å². The van der Waals surface area contributed by atoms with Gasteiger partial charge in [-0.3, -0.25) is 9.78 Å². The van der Waals surface area contributed by atoms with Crippen molar-refractivity contribution in [3.8, 4) is 11.3 Å². The first kappa shape index (κ1) is 12.9. The van der Waals surface area contributed by atoms with Gasteiger partial charge in [-0.15, -0.1) is 0 Å². The summed E-state index contributed by atoms with van der Waals surface area (Å²) in [5.74, 6) is -1.19. The summed E-state index contributed by atoms with van der Waals surface area (Å²) in [7, 11) is 0. The quantitative estimate of drug-likeness (QED) is 0.618. The number of nitrogens with zero attached hydrogens (tertiary/aromatic N) is 2. The van der Waals surface area contributed by atoms with Gasteiger partial charge in [-0.25, -0.2) is 4.79 Å². The summed E-state index contributed by atoms with van der Waals surface area (Å²) in [6, 6.07) is 3.43. The molecule has 0 radical (unpaired) electrons. The van der Waals surface area contributed by atoms with Crippen molar-refractivity contribution in [1.29, 1.82) is 0 Å². The first-order valence-corrected chi connectivity index (χ1v) is 5.73. The predicted octanol–water partition coefficient (Wildman–Crippen LogP) is 2.12. The van der Waals surface area contributed by atoms with Crippen molar-refractivity contribution in [3.05, 3.63) is 35.9 Å². The molecule has 2 rings (SSSR count). The fourth-order valence-corrected chi connectivity index (χ4v) is 1.65. The van der Waals surface area contributed by atoms with E-state index in [9.17, 15) is 9.59 Å². The van der Waals surface area contributed by atoms with Crippen LogP contribution in [0.1, 0.15) is 34.8 Å². The second-order valence-corrected chi connectivity index (χ2v) is 3.75. The number of aromatic nitrogens is 2. The van der Waals surface area contributed by atoms with Crippen LogP contribution in [0.5, 0.6) is 0 Å². The maximum absolute atomic E-state index is 11.7. The molecule has 0 unspecified atom stereocenters. The fraction of sp³-hybridized carbons (Fsp3) is 0.231. The smallest absolute Gasteiger partial charge is 0.377 e. The number of ketones is 1. The molecule has 0 atom stereocenters. The first-order chi connectivity index (χ1) is 9.15. The molecule has 0 spiro atoms. The van der Waals surface area contributed by atoms with Crippen molar-refractivity contribution in [2.24, 2.45) is 0 Å².